The molecule has 1 amide bonds. The Labute approximate surface area is 176 Å². The van der Waals surface area contributed by atoms with Crippen molar-refractivity contribution < 1.29 is 13.9 Å². The van der Waals surface area contributed by atoms with Crippen molar-refractivity contribution in [2.45, 2.75) is 43.5 Å². The third kappa shape index (κ3) is 5.28. The number of ether oxygens (including phenoxy) is 1. The maximum Gasteiger partial charge on any atom is 0.410 e. The van der Waals surface area contributed by atoms with Crippen molar-refractivity contribution in [1.82, 2.24) is 10.2 Å². The van der Waals surface area contributed by atoms with Crippen molar-refractivity contribution in [1.29, 1.82) is 0 Å². The number of nitrogens with zero attached hydrogens (tertiary/aromatic N) is 1. The average molecular weight is 417 g/mol. The van der Waals surface area contributed by atoms with Crippen molar-refractivity contribution in [2.75, 3.05) is 19.6 Å². The molecule has 1 aliphatic heterocycles. The molecule has 2 atom stereocenters. The zero-order valence-electron chi connectivity index (χ0n) is 16.3. The van der Waals surface area contributed by atoms with Crippen LogP contribution in [0.1, 0.15) is 36.3 Å². The summed E-state index contributed by atoms with van der Waals surface area (Å²) in [6.07, 6.45) is 1.32. The second-order valence-corrected chi connectivity index (χ2v) is 8.50. The summed E-state index contributed by atoms with van der Waals surface area (Å²) in [4.78, 5) is 13.9. The van der Waals surface area contributed by atoms with Gasteiger partial charge in [0.25, 0.3) is 0 Å². The van der Waals surface area contributed by atoms with Crippen LogP contribution in [0.5, 0.6) is 0 Å². The van der Waals surface area contributed by atoms with E-state index in [1.807, 2.05) is 30.3 Å². The smallest absolute Gasteiger partial charge is 0.410 e. The average Bonchev–Trinajstić information content (AvgIpc) is 3.52. The first-order valence-corrected chi connectivity index (χ1v) is 10.5. The first-order valence-electron chi connectivity index (χ1n) is 10.2. The van der Waals surface area contributed by atoms with Crippen molar-refractivity contribution in [2.24, 2.45) is 0 Å². The second-order valence-electron chi connectivity index (χ2n) is 8.06. The number of amides is 1. The van der Waals surface area contributed by atoms with Crippen LogP contribution < -0.4 is 5.32 Å². The largest absolute Gasteiger partial charge is 0.445 e. The van der Waals surface area contributed by atoms with Gasteiger partial charge >= 0.3 is 6.09 Å². The van der Waals surface area contributed by atoms with Crippen LogP contribution in [-0.2, 0) is 11.3 Å². The van der Waals surface area contributed by atoms with E-state index >= 15 is 4.39 Å². The van der Waals surface area contributed by atoms with Crippen molar-refractivity contribution in [3.63, 3.8) is 0 Å². The molecular weight excluding hydrogens is 391 g/mol. The fourth-order valence-electron chi connectivity index (χ4n) is 3.93. The number of hydrogen-bond acceptors (Lipinski definition) is 3. The van der Waals surface area contributed by atoms with Crippen molar-refractivity contribution >= 4 is 17.7 Å². The molecule has 0 spiro atoms. The number of rotatable bonds is 6. The van der Waals surface area contributed by atoms with E-state index in [1.54, 1.807) is 17.0 Å². The second kappa shape index (κ2) is 8.72. The van der Waals surface area contributed by atoms with Gasteiger partial charge in [0.2, 0.25) is 0 Å². The highest BCUT2D eigenvalue weighted by Gasteiger charge is 2.42. The molecule has 4 nitrogen and oxygen atoms in total. The number of carbonyl (C=O) groups excluding carboxylic acids is 1. The number of hydrogen-bond donors (Lipinski definition) is 1. The highest BCUT2D eigenvalue weighted by Crippen LogP contribution is 2.41. The number of alkyl halides is 1. The molecule has 0 radical (unpaired) electrons. The quantitative estimate of drug-likeness (QED) is 0.726. The van der Waals surface area contributed by atoms with E-state index < -0.39 is 11.8 Å². The predicted molar refractivity (Wildman–Crippen MR) is 112 cm³/mol. The van der Waals surface area contributed by atoms with E-state index in [1.165, 1.54) is 5.56 Å². The Morgan fingerprint density at radius 3 is 2.66 bits per heavy atom. The Hall–Kier alpha value is -2.11. The number of benzene rings is 2. The molecule has 6 heteroatoms. The lowest BCUT2D eigenvalue weighted by atomic mass is 9.93. The van der Waals surface area contributed by atoms with Gasteiger partial charge in [-0.1, -0.05) is 54.1 Å². The van der Waals surface area contributed by atoms with Crippen molar-refractivity contribution in [3.8, 4) is 0 Å². The molecule has 1 saturated carbocycles. The number of nitrogens with one attached hydrogen (secondary N) is 1. The maximum absolute atomic E-state index is 15.2. The van der Waals surface area contributed by atoms with Crippen LogP contribution >= 0.6 is 11.6 Å². The zero-order chi connectivity index (χ0) is 20.3. The molecule has 1 aliphatic carbocycles. The van der Waals surface area contributed by atoms with E-state index in [0.29, 0.717) is 49.5 Å². The molecule has 2 aliphatic rings. The van der Waals surface area contributed by atoms with Crippen LogP contribution in [0, 0.1) is 0 Å². The zero-order valence-corrected chi connectivity index (χ0v) is 17.1. The lowest BCUT2D eigenvalue weighted by Gasteiger charge is -2.36. The van der Waals surface area contributed by atoms with Crippen LogP contribution in [0.3, 0.4) is 0 Å². The molecular formula is C23H26ClFN2O2. The molecule has 1 heterocycles. The summed E-state index contributed by atoms with van der Waals surface area (Å²) in [6, 6.07) is 17.9. The monoisotopic (exact) mass is 416 g/mol. The van der Waals surface area contributed by atoms with Gasteiger partial charge in [0, 0.05) is 49.5 Å². The molecule has 0 aromatic heterocycles. The fourth-order valence-corrected chi connectivity index (χ4v) is 4.15. The SMILES string of the molecule is O=C(OCc1cccc(Cl)c1)N1CCC(F)(CN[C@@H]2C[C@H]2c2ccccc2)CC1. The molecule has 2 aromatic rings. The van der Waals surface area contributed by atoms with Gasteiger partial charge in [-0.2, -0.15) is 0 Å². The number of halogens is 2. The topological polar surface area (TPSA) is 41.6 Å². The summed E-state index contributed by atoms with van der Waals surface area (Å²) in [5.74, 6) is 0.487. The minimum atomic E-state index is -1.27. The number of carbonyl (C=O) groups is 1. The molecule has 2 fully saturated rings. The minimum absolute atomic E-state index is 0.167. The van der Waals surface area contributed by atoms with E-state index in [4.69, 9.17) is 16.3 Å². The molecule has 4 rings (SSSR count). The highest BCUT2D eigenvalue weighted by molar-refractivity contribution is 6.30. The molecule has 0 bridgehead atoms. The third-order valence-corrected chi connectivity index (χ3v) is 6.10. The van der Waals surface area contributed by atoms with Gasteiger partial charge in [0.1, 0.15) is 12.3 Å². The summed E-state index contributed by atoms with van der Waals surface area (Å²) >= 11 is 5.94. The summed E-state index contributed by atoms with van der Waals surface area (Å²) in [7, 11) is 0. The van der Waals surface area contributed by atoms with Gasteiger partial charge in [-0.15, -0.1) is 0 Å². The Morgan fingerprint density at radius 2 is 1.93 bits per heavy atom. The van der Waals surface area contributed by atoms with Crippen LogP contribution in [0.4, 0.5) is 9.18 Å². The Balaban J connectivity index is 1.19. The van der Waals surface area contributed by atoms with E-state index in [2.05, 4.69) is 17.4 Å². The molecule has 154 valence electrons. The summed E-state index contributed by atoms with van der Waals surface area (Å²) in [5.41, 5.74) is 0.882. The van der Waals surface area contributed by atoms with Gasteiger partial charge < -0.3 is 15.0 Å². The highest BCUT2D eigenvalue weighted by atomic mass is 35.5. The minimum Gasteiger partial charge on any atom is -0.445 e. The molecule has 1 N–H and O–H groups in total. The van der Waals surface area contributed by atoms with E-state index in [0.717, 1.165) is 12.0 Å². The molecule has 0 unspecified atom stereocenters. The molecule has 1 saturated heterocycles. The van der Waals surface area contributed by atoms with Gasteiger partial charge in [-0.05, 0) is 29.7 Å². The van der Waals surface area contributed by atoms with E-state index in [9.17, 15) is 4.79 Å². The van der Waals surface area contributed by atoms with E-state index in [-0.39, 0.29) is 6.61 Å². The third-order valence-electron chi connectivity index (χ3n) is 5.87. The fraction of sp³-hybridized carbons (Fsp3) is 0.435. The van der Waals surface area contributed by atoms with Gasteiger partial charge in [0.05, 0.1) is 0 Å². The maximum atomic E-state index is 15.2. The summed E-state index contributed by atoms with van der Waals surface area (Å²) < 4.78 is 20.5. The van der Waals surface area contributed by atoms with Gasteiger partial charge in [-0.25, -0.2) is 9.18 Å². The van der Waals surface area contributed by atoms with Crippen LogP contribution in [-0.4, -0.2) is 42.3 Å². The van der Waals surface area contributed by atoms with Gasteiger partial charge in [0.15, 0.2) is 0 Å². The van der Waals surface area contributed by atoms with Crippen LogP contribution in [0.25, 0.3) is 0 Å². The van der Waals surface area contributed by atoms with Crippen LogP contribution in [0.15, 0.2) is 54.6 Å². The number of piperidine rings is 1. The first-order chi connectivity index (χ1) is 14.0. The summed E-state index contributed by atoms with van der Waals surface area (Å²) in [6.45, 7) is 1.26. The lowest BCUT2D eigenvalue weighted by Crippen LogP contribution is -2.49. The van der Waals surface area contributed by atoms with Crippen LogP contribution in [0.2, 0.25) is 5.02 Å². The molecule has 29 heavy (non-hydrogen) atoms. The Kier molecular flexibility index (Phi) is 6.07. The first kappa shape index (κ1) is 20.2. The van der Waals surface area contributed by atoms with Crippen molar-refractivity contribution in [3.05, 3.63) is 70.7 Å². The number of likely N-dealkylation sites (tertiary alicyclic amines) is 1. The normalized spacial score (nSPS) is 22.9. The Morgan fingerprint density at radius 1 is 1.17 bits per heavy atom. The Bertz CT molecular complexity index is 840. The molecule has 2 aromatic carbocycles. The van der Waals surface area contributed by atoms with Gasteiger partial charge in [-0.3, -0.25) is 0 Å². The summed E-state index contributed by atoms with van der Waals surface area (Å²) in [5, 5.41) is 4.00. The lowest BCUT2D eigenvalue weighted by molar-refractivity contribution is 0.0408. The standard InChI is InChI=1S/C23H26ClFN2O2/c24-19-8-4-5-17(13-19)15-29-22(28)27-11-9-23(25,10-12-27)16-26-21-14-20(21)18-6-2-1-3-7-18/h1-8,13,20-21,26H,9-12,14-16H2/t20-,21+/m0/s1. The predicted octanol–water partition coefficient (Wildman–Crippen LogP) is 4.93.